The molecule has 1 amide bonds. The highest BCUT2D eigenvalue weighted by atomic mass is 32.1. The molecule has 0 atom stereocenters. The number of H-pyrrole nitrogens is 1. The second-order valence-electron chi connectivity index (χ2n) is 6.07. The molecule has 0 aliphatic carbocycles. The Bertz CT molecular complexity index is 1080. The van der Waals surface area contributed by atoms with Gasteiger partial charge < -0.3 is 10.3 Å². The van der Waals surface area contributed by atoms with Crippen LogP contribution in [0.1, 0.15) is 28.4 Å². The molecule has 2 aromatic carbocycles. The Morgan fingerprint density at radius 1 is 1.16 bits per heavy atom. The van der Waals surface area contributed by atoms with E-state index < -0.39 is 0 Å². The van der Waals surface area contributed by atoms with Crippen molar-refractivity contribution in [1.29, 1.82) is 0 Å². The van der Waals surface area contributed by atoms with E-state index in [0.29, 0.717) is 27.8 Å². The maximum absolute atomic E-state index is 12.5. The van der Waals surface area contributed by atoms with Crippen LogP contribution in [-0.4, -0.2) is 15.5 Å². The molecule has 0 bridgehead atoms. The first-order valence-electron chi connectivity index (χ1n) is 8.05. The van der Waals surface area contributed by atoms with Gasteiger partial charge in [-0.05, 0) is 74.4 Å². The summed E-state index contributed by atoms with van der Waals surface area (Å²) in [6.45, 7) is 6.33. The van der Waals surface area contributed by atoms with E-state index in [1.807, 2.05) is 39.0 Å². The topological polar surface area (TPSA) is 66.9 Å². The maximum atomic E-state index is 12.5. The zero-order chi connectivity index (χ0) is 18.1. The van der Waals surface area contributed by atoms with Gasteiger partial charge in [0.15, 0.2) is 4.77 Å². The van der Waals surface area contributed by atoms with Gasteiger partial charge in [-0.2, -0.15) is 0 Å². The van der Waals surface area contributed by atoms with Crippen molar-refractivity contribution in [2.45, 2.75) is 27.3 Å². The van der Waals surface area contributed by atoms with Gasteiger partial charge >= 0.3 is 0 Å². The van der Waals surface area contributed by atoms with Crippen molar-refractivity contribution >= 4 is 34.7 Å². The summed E-state index contributed by atoms with van der Waals surface area (Å²) in [7, 11) is 0. The summed E-state index contributed by atoms with van der Waals surface area (Å²) in [4.78, 5) is 28.0. The Morgan fingerprint density at radius 2 is 1.84 bits per heavy atom. The summed E-state index contributed by atoms with van der Waals surface area (Å²) in [5.74, 6) is -0.231. The molecule has 2 N–H and O–H groups in total. The molecule has 6 heteroatoms. The molecule has 3 rings (SSSR count). The number of fused-ring (bicyclic) bond motifs is 1. The minimum Gasteiger partial charge on any atom is -0.332 e. The lowest BCUT2D eigenvalue weighted by Crippen LogP contribution is -2.21. The van der Waals surface area contributed by atoms with E-state index >= 15 is 0 Å². The Hall–Kier alpha value is -2.73. The third-order valence-electron chi connectivity index (χ3n) is 4.04. The van der Waals surface area contributed by atoms with E-state index in [4.69, 9.17) is 12.2 Å². The van der Waals surface area contributed by atoms with Crippen LogP contribution in [0, 0.1) is 18.6 Å². The molecule has 3 aromatic rings. The third-order valence-corrected chi connectivity index (χ3v) is 4.36. The van der Waals surface area contributed by atoms with Gasteiger partial charge in [0, 0.05) is 17.8 Å². The van der Waals surface area contributed by atoms with Gasteiger partial charge in [0.1, 0.15) is 0 Å². The third kappa shape index (κ3) is 3.39. The number of aryl methyl sites for hydroxylation is 2. The molecule has 5 nitrogen and oxygen atoms in total. The first kappa shape index (κ1) is 17.1. The van der Waals surface area contributed by atoms with Gasteiger partial charge in [0.05, 0.1) is 10.9 Å². The monoisotopic (exact) mass is 353 g/mol. The minimum atomic E-state index is -0.231. The number of aromatic nitrogens is 2. The molecule has 128 valence electrons. The van der Waals surface area contributed by atoms with Crippen LogP contribution < -0.4 is 10.9 Å². The number of amides is 1. The molecular formula is C19H19N3O2S. The predicted octanol–water partition coefficient (Wildman–Crippen LogP) is 3.95. The lowest BCUT2D eigenvalue weighted by atomic mass is 10.1. The van der Waals surface area contributed by atoms with E-state index in [-0.39, 0.29) is 11.5 Å². The van der Waals surface area contributed by atoms with Crippen LogP contribution in [0.25, 0.3) is 10.9 Å². The van der Waals surface area contributed by atoms with Crippen molar-refractivity contribution in [2.75, 3.05) is 5.32 Å². The summed E-state index contributed by atoms with van der Waals surface area (Å²) in [6, 6.07) is 10.8. The van der Waals surface area contributed by atoms with Gasteiger partial charge in [-0.15, -0.1) is 0 Å². The molecule has 0 saturated heterocycles. The fourth-order valence-corrected chi connectivity index (χ4v) is 3.26. The van der Waals surface area contributed by atoms with Crippen LogP contribution in [-0.2, 0) is 6.54 Å². The Kier molecular flexibility index (Phi) is 4.55. The number of nitrogens with one attached hydrogen (secondary N) is 2. The smallest absolute Gasteiger partial charge is 0.262 e. The van der Waals surface area contributed by atoms with Crippen LogP contribution in [0.4, 0.5) is 5.69 Å². The maximum Gasteiger partial charge on any atom is 0.262 e. The highest BCUT2D eigenvalue weighted by molar-refractivity contribution is 7.71. The number of benzene rings is 2. The minimum absolute atomic E-state index is 0.150. The van der Waals surface area contributed by atoms with Crippen LogP contribution in [0.5, 0.6) is 0 Å². The zero-order valence-electron chi connectivity index (χ0n) is 14.3. The SMILES string of the molecule is CCn1c(=S)[nH]c2cc(C(=O)Nc3cc(C)cc(C)c3)ccc2c1=O. The van der Waals surface area contributed by atoms with Gasteiger partial charge in [-0.1, -0.05) is 6.07 Å². The first-order chi connectivity index (χ1) is 11.9. The standard InChI is InChI=1S/C19H19N3O2S/c1-4-22-18(24)15-6-5-13(10-16(15)21-19(22)25)17(23)20-14-8-11(2)7-12(3)9-14/h5-10H,4H2,1-3H3,(H,20,23)(H,21,25). The highest BCUT2D eigenvalue weighted by Crippen LogP contribution is 2.16. The Labute approximate surface area is 150 Å². The lowest BCUT2D eigenvalue weighted by molar-refractivity contribution is 0.102. The van der Waals surface area contributed by atoms with E-state index in [0.717, 1.165) is 16.8 Å². The summed E-state index contributed by atoms with van der Waals surface area (Å²) in [5, 5.41) is 3.41. The summed E-state index contributed by atoms with van der Waals surface area (Å²) in [6.07, 6.45) is 0. The molecule has 1 aromatic heterocycles. The van der Waals surface area contributed by atoms with Crippen molar-refractivity contribution in [2.24, 2.45) is 0 Å². The highest BCUT2D eigenvalue weighted by Gasteiger charge is 2.10. The molecule has 0 fully saturated rings. The summed E-state index contributed by atoms with van der Waals surface area (Å²) in [5.41, 5.74) is 3.79. The van der Waals surface area contributed by atoms with Crippen LogP contribution in [0.3, 0.4) is 0 Å². The van der Waals surface area contributed by atoms with E-state index in [1.165, 1.54) is 4.57 Å². The summed E-state index contributed by atoms with van der Waals surface area (Å²) < 4.78 is 1.85. The largest absolute Gasteiger partial charge is 0.332 e. The van der Waals surface area contributed by atoms with Crippen LogP contribution in [0.15, 0.2) is 41.2 Å². The van der Waals surface area contributed by atoms with Gasteiger partial charge in [0.25, 0.3) is 11.5 Å². The number of carbonyl (C=O) groups is 1. The molecule has 0 spiro atoms. The number of rotatable bonds is 3. The van der Waals surface area contributed by atoms with E-state index in [1.54, 1.807) is 18.2 Å². The average Bonchev–Trinajstić information content (AvgIpc) is 2.53. The van der Waals surface area contributed by atoms with Crippen molar-refractivity contribution in [1.82, 2.24) is 9.55 Å². The zero-order valence-corrected chi connectivity index (χ0v) is 15.2. The van der Waals surface area contributed by atoms with Crippen molar-refractivity contribution in [3.05, 3.63) is 68.2 Å². The van der Waals surface area contributed by atoms with Gasteiger partial charge in [-0.25, -0.2) is 0 Å². The number of nitrogens with zero attached hydrogens (tertiary/aromatic N) is 1. The van der Waals surface area contributed by atoms with Crippen molar-refractivity contribution < 1.29 is 4.79 Å². The molecule has 0 saturated carbocycles. The van der Waals surface area contributed by atoms with Gasteiger partial charge in [0.2, 0.25) is 0 Å². The van der Waals surface area contributed by atoms with Crippen LogP contribution in [0.2, 0.25) is 0 Å². The number of carbonyl (C=O) groups excluding carboxylic acids is 1. The predicted molar refractivity (Wildman–Crippen MR) is 103 cm³/mol. The quantitative estimate of drug-likeness (QED) is 0.701. The Morgan fingerprint density at radius 3 is 2.48 bits per heavy atom. The number of anilines is 1. The number of hydrogen-bond acceptors (Lipinski definition) is 3. The van der Waals surface area contributed by atoms with Crippen molar-refractivity contribution in [3.8, 4) is 0 Å². The fraction of sp³-hybridized carbons (Fsp3) is 0.211. The Balaban J connectivity index is 2.00. The molecule has 0 unspecified atom stereocenters. The first-order valence-corrected chi connectivity index (χ1v) is 8.46. The summed E-state index contributed by atoms with van der Waals surface area (Å²) >= 11 is 5.22. The molecule has 0 aliphatic rings. The molecule has 1 heterocycles. The van der Waals surface area contributed by atoms with Crippen molar-refractivity contribution in [3.63, 3.8) is 0 Å². The second kappa shape index (κ2) is 6.64. The normalized spacial score (nSPS) is 10.8. The van der Waals surface area contributed by atoms with E-state index in [2.05, 4.69) is 10.3 Å². The fourth-order valence-electron chi connectivity index (χ4n) is 2.93. The van der Waals surface area contributed by atoms with E-state index in [9.17, 15) is 9.59 Å². The lowest BCUT2D eigenvalue weighted by Gasteiger charge is -2.09. The number of aromatic amines is 1. The molecule has 25 heavy (non-hydrogen) atoms. The molecule has 0 radical (unpaired) electrons. The molecule has 0 aliphatic heterocycles. The van der Waals surface area contributed by atoms with Gasteiger partial charge in [-0.3, -0.25) is 14.2 Å². The second-order valence-corrected chi connectivity index (χ2v) is 6.46. The molecular weight excluding hydrogens is 334 g/mol. The number of hydrogen-bond donors (Lipinski definition) is 2. The van der Waals surface area contributed by atoms with Crippen LogP contribution >= 0.6 is 12.2 Å². The average molecular weight is 353 g/mol.